The van der Waals surface area contributed by atoms with Crippen LogP contribution in [0.25, 0.3) is 11.1 Å². The number of benzene rings is 2. The molecule has 5 rings (SSSR count). The van der Waals surface area contributed by atoms with Crippen LogP contribution >= 0.6 is 0 Å². The van der Waals surface area contributed by atoms with E-state index in [-0.39, 0.29) is 24.0 Å². The van der Waals surface area contributed by atoms with Gasteiger partial charge in [-0.25, -0.2) is 4.79 Å². The molecule has 0 aromatic heterocycles. The zero-order valence-electron chi connectivity index (χ0n) is 16.8. The Morgan fingerprint density at radius 1 is 0.966 bits per heavy atom. The highest BCUT2D eigenvalue weighted by molar-refractivity contribution is 5.79. The van der Waals surface area contributed by atoms with Crippen LogP contribution in [0, 0.1) is 11.8 Å². The number of aliphatic hydroxyl groups excluding tert-OH is 1. The molecule has 1 saturated carbocycles. The van der Waals surface area contributed by atoms with Gasteiger partial charge in [0.1, 0.15) is 6.61 Å². The van der Waals surface area contributed by atoms with Crippen LogP contribution in [0.3, 0.4) is 0 Å². The van der Waals surface area contributed by atoms with Gasteiger partial charge in [-0.05, 0) is 34.6 Å². The molecule has 1 aliphatic heterocycles. The Labute approximate surface area is 172 Å². The summed E-state index contributed by atoms with van der Waals surface area (Å²) >= 11 is 0. The first-order valence-electron chi connectivity index (χ1n) is 11.0. The predicted molar refractivity (Wildman–Crippen MR) is 113 cm³/mol. The number of nitrogens with zero attached hydrogens (tertiary/aromatic N) is 1. The van der Waals surface area contributed by atoms with Gasteiger partial charge in [0, 0.05) is 24.9 Å². The molecule has 2 aromatic carbocycles. The molecule has 152 valence electrons. The van der Waals surface area contributed by atoms with Gasteiger partial charge in [0.25, 0.3) is 0 Å². The van der Waals surface area contributed by atoms with Gasteiger partial charge in [0.15, 0.2) is 0 Å². The van der Waals surface area contributed by atoms with Gasteiger partial charge in [-0.15, -0.1) is 0 Å². The second kappa shape index (κ2) is 7.83. The Morgan fingerprint density at radius 2 is 1.59 bits per heavy atom. The Bertz CT molecular complexity index is 844. The Kier molecular flexibility index (Phi) is 5.04. The first-order valence-corrected chi connectivity index (χ1v) is 11.0. The lowest BCUT2D eigenvalue weighted by Crippen LogP contribution is -2.48. The molecule has 2 aromatic rings. The summed E-state index contributed by atoms with van der Waals surface area (Å²) in [4.78, 5) is 14.7. The van der Waals surface area contributed by atoms with E-state index >= 15 is 0 Å². The molecular formula is C25H29NO3. The number of carbonyl (C=O) groups excluding carboxylic acids is 1. The number of hydrogen-bond donors (Lipinski definition) is 1. The third-order valence-corrected chi connectivity index (χ3v) is 7.22. The summed E-state index contributed by atoms with van der Waals surface area (Å²) in [5, 5.41) is 10.5. The van der Waals surface area contributed by atoms with Crippen molar-refractivity contribution in [1.29, 1.82) is 0 Å². The maximum absolute atomic E-state index is 12.9. The number of carbonyl (C=O) groups is 1. The van der Waals surface area contributed by atoms with E-state index in [1.54, 1.807) is 0 Å². The summed E-state index contributed by atoms with van der Waals surface area (Å²) < 4.78 is 5.83. The van der Waals surface area contributed by atoms with Gasteiger partial charge in [-0.1, -0.05) is 74.2 Å². The van der Waals surface area contributed by atoms with Crippen molar-refractivity contribution in [3.05, 3.63) is 59.7 Å². The van der Waals surface area contributed by atoms with Crippen molar-refractivity contribution in [3.63, 3.8) is 0 Å². The Balaban J connectivity index is 1.27. The van der Waals surface area contributed by atoms with Crippen LogP contribution in [0.1, 0.15) is 49.1 Å². The zero-order valence-corrected chi connectivity index (χ0v) is 16.8. The molecule has 1 amide bonds. The second-order valence-corrected chi connectivity index (χ2v) is 8.81. The molecule has 1 heterocycles. The number of fused-ring (bicyclic) bond motifs is 3. The number of rotatable bonds is 3. The molecule has 1 saturated heterocycles. The molecule has 0 radical (unpaired) electrons. The predicted octanol–water partition coefficient (Wildman–Crippen LogP) is 4.81. The average molecular weight is 392 g/mol. The molecule has 0 spiro atoms. The SMILES string of the molecule is O=C(OCC1c2ccccc2-c2ccccc21)N1CC[C@@H](O)[C@H](C2CCCC2)C1. The van der Waals surface area contributed by atoms with Gasteiger partial charge >= 0.3 is 6.09 Å². The van der Waals surface area contributed by atoms with Crippen molar-refractivity contribution in [2.75, 3.05) is 19.7 Å². The molecular weight excluding hydrogens is 362 g/mol. The first-order chi connectivity index (χ1) is 14.2. The summed E-state index contributed by atoms with van der Waals surface area (Å²) in [5.41, 5.74) is 4.96. The number of amides is 1. The van der Waals surface area contributed by atoms with Crippen molar-refractivity contribution in [2.24, 2.45) is 11.8 Å². The lowest BCUT2D eigenvalue weighted by atomic mass is 9.82. The van der Waals surface area contributed by atoms with Crippen LogP contribution in [0.2, 0.25) is 0 Å². The number of aliphatic hydroxyl groups is 1. The van der Waals surface area contributed by atoms with E-state index in [2.05, 4.69) is 48.5 Å². The minimum Gasteiger partial charge on any atom is -0.448 e. The molecule has 29 heavy (non-hydrogen) atoms. The molecule has 2 atom stereocenters. The Hall–Kier alpha value is -2.33. The van der Waals surface area contributed by atoms with Crippen molar-refractivity contribution in [3.8, 4) is 11.1 Å². The summed E-state index contributed by atoms with van der Waals surface area (Å²) in [5.74, 6) is 0.841. The molecule has 0 unspecified atom stereocenters. The highest BCUT2D eigenvalue weighted by Gasteiger charge is 2.37. The monoisotopic (exact) mass is 391 g/mol. The fraction of sp³-hybridized carbons (Fsp3) is 0.480. The summed E-state index contributed by atoms with van der Waals surface area (Å²) in [7, 11) is 0. The van der Waals surface area contributed by atoms with Gasteiger partial charge in [-0.3, -0.25) is 0 Å². The fourth-order valence-electron chi connectivity index (χ4n) is 5.67. The summed E-state index contributed by atoms with van der Waals surface area (Å²) in [6.07, 6.45) is 5.00. The quantitative estimate of drug-likeness (QED) is 0.817. The van der Waals surface area contributed by atoms with E-state index in [9.17, 15) is 9.90 Å². The Morgan fingerprint density at radius 3 is 2.24 bits per heavy atom. The van der Waals surface area contributed by atoms with E-state index in [0.29, 0.717) is 32.0 Å². The molecule has 4 heteroatoms. The topological polar surface area (TPSA) is 49.8 Å². The van der Waals surface area contributed by atoms with Crippen molar-refractivity contribution in [2.45, 2.75) is 44.1 Å². The zero-order chi connectivity index (χ0) is 19.8. The molecule has 4 nitrogen and oxygen atoms in total. The molecule has 1 N–H and O–H groups in total. The lowest BCUT2D eigenvalue weighted by molar-refractivity contribution is -0.00202. The highest BCUT2D eigenvalue weighted by Crippen LogP contribution is 2.44. The molecule has 2 aliphatic carbocycles. The van der Waals surface area contributed by atoms with Crippen LogP contribution in [0.5, 0.6) is 0 Å². The number of hydrogen-bond acceptors (Lipinski definition) is 3. The van der Waals surface area contributed by atoms with Crippen molar-refractivity contribution >= 4 is 6.09 Å². The van der Waals surface area contributed by atoms with E-state index in [4.69, 9.17) is 4.74 Å². The largest absolute Gasteiger partial charge is 0.448 e. The number of ether oxygens (including phenoxy) is 1. The van der Waals surface area contributed by atoms with Crippen LogP contribution in [0.4, 0.5) is 4.79 Å². The van der Waals surface area contributed by atoms with E-state index < -0.39 is 0 Å². The van der Waals surface area contributed by atoms with Gasteiger partial charge in [0.2, 0.25) is 0 Å². The van der Waals surface area contributed by atoms with Crippen LogP contribution in [-0.2, 0) is 4.74 Å². The summed E-state index contributed by atoms with van der Waals surface area (Å²) in [6.45, 7) is 1.57. The second-order valence-electron chi connectivity index (χ2n) is 8.81. The number of piperidine rings is 1. The summed E-state index contributed by atoms with van der Waals surface area (Å²) in [6, 6.07) is 16.8. The highest BCUT2D eigenvalue weighted by atomic mass is 16.6. The van der Waals surface area contributed by atoms with Crippen molar-refractivity contribution < 1.29 is 14.6 Å². The van der Waals surface area contributed by atoms with E-state index in [1.165, 1.54) is 47.9 Å². The standard InChI is InChI=1S/C25H29NO3/c27-24-13-14-26(15-22(24)17-7-1-2-8-17)25(28)29-16-23-20-11-5-3-9-18(20)19-10-4-6-12-21(19)23/h3-6,9-12,17,22-24,27H,1-2,7-8,13-16H2/t22-,24+/m0/s1. The van der Waals surface area contributed by atoms with Gasteiger partial charge in [-0.2, -0.15) is 0 Å². The minimum absolute atomic E-state index is 0.0901. The molecule has 3 aliphatic rings. The lowest BCUT2D eigenvalue weighted by Gasteiger charge is -2.38. The third kappa shape index (κ3) is 3.44. The van der Waals surface area contributed by atoms with Crippen LogP contribution in [0.15, 0.2) is 48.5 Å². The smallest absolute Gasteiger partial charge is 0.409 e. The normalized spacial score (nSPS) is 24.4. The van der Waals surface area contributed by atoms with E-state index in [1.807, 2.05) is 4.90 Å². The van der Waals surface area contributed by atoms with Crippen molar-refractivity contribution in [1.82, 2.24) is 4.90 Å². The molecule has 2 fully saturated rings. The fourth-order valence-corrected chi connectivity index (χ4v) is 5.67. The van der Waals surface area contributed by atoms with Crippen LogP contribution < -0.4 is 0 Å². The minimum atomic E-state index is -0.282. The van der Waals surface area contributed by atoms with E-state index in [0.717, 1.165) is 0 Å². The molecule has 0 bridgehead atoms. The van der Waals surface area contributed by atoms with Gasteiger partial charge < -0.3 is 14.7 Å². The maximum atomic E-state index is 12.9. The number of likely N-dealkylation sites (tertiary alicyclic amines) is 1. The third-order valence-electron chi connectivity index (χ3n) is 7.22. The van der Waals surface area contributed by atoms with Gasteiger partial charge in [0.05, 0.1) is 6.10 Å². The average Bonchev–Trinajstić information content (AvgIpc) is 3.39. The first kappa shape index (κ1) is 18.7. The maximum Gasteiger partial charge on any atom is 0.409 e. The van der Waals surface area contributed by atoms with Crippen LogP contribution in [-0.4, -0.2) is 41.9 Å².